The fraction of sp³-hybridized carbons (Fsp3) is 0.611. The van der Waals surface area contributed by atoms with E-state index in [0.717, 1.165) is 12.0 Å². The Labute approximate surface area is 149 Å². The Morgan fingerprint density at radius 3 is 2.72 bits per heavy atom. The van der Waals surface area contributed by atoms with Gasteiger partial charge in [-0.3, -0.25) is 4.79 Å². The minimum atomic E-state index is -3.35. The number of ether oxygens (including phenoxy) is 1. The lowest BCUT2D eigenvalue weighted by atomic mass is 10.1. The lowest BCUT2D eigenvalue weighted by Crippen LogP contribution is -2.51. The molecule has 2 aliphatic heterocycles. The quantitative estimate of drug-likeness (QED) is 0.797. The molecular weight excluding hydrogens is 340 g/mol. The highest BCUT2D eigenvalue weighted by Gasteiger charge is 2.41. The number of carbonyl (C=O) groups excluding carboxylic acids is 1. The monoisotopic (exact) mass is 366 g/mol. The Bertz CT molecular complexity index is 692. The van der Waals surface area contributed by atoms with Crippen LogP contribution in [0, 0.1) is 0 Å². The van der Waals surface area contributed by atoms with Crippen molar-refractivity contribution in [2.75, 3.05) is 32.0 Å². The Kier molecular flexibility index (Phi) is 5.76. The fourth-order valence-corrected chi connectivity index (χ4v) is 5.37. The summed E-state index contributed by atoms with van der Waals surface area (Å²) < 4.78 is 32.1. The molecule has 0 N–H and O–H groups in total. The summed E-state index contributed by atoms with van der Waals surface area (Å²) in [5.74, 6) is 0.0217. The van der Waals surface area contributed by atoms with Crippen LogP contribution < -0.4 is 0 Å². The minimum absolute atomic E-state index is 0.0820. The van der Waals surface area contributed by atoms with Crippen molar-refractivity contribution in [3.05, 3.63) is 35.9 Å². The Morgan fingerprint density at radius 2 is 2.00 bits per heavy atom. The van der Waals surface area contributed by atoms with Gasteiger partial charge in [-0.2, -0.15) is 4.31 Å². The van der Waals surface area contributed by atoms with Gasteiger partial charge < -0.3 is 9.64 Å². The maximum Gasteiger partial charge on any atom is 0.241 e. The molecule has 2 heterocycles. The number of nitrogens with zero attached hydrogens (tertiary/aromatic N) is 2. The number of rotatable bonds is 5. The van der Waals surface area contributed by atoms with E-state index in [9.17, 15) is 13.2 Å². The average Bonchev–Trinajstić information content (AvgIpc) is 3.13. The predicted molar refractivity (Wildman–Crippen MR) is 95.5 cm³/mol. The van der Waals surface area contributed by atoms with E-state index in [0.29, 0.717) is 39.1 Å². The normalized spacial score (nSPS) is 25.2. The highest BCUT2D eigenvalue weighted by molar-refractivity contribution is 7.89. The van der Waals surface area contributed by atoms with Crippen molar-refractivity contribution in [1.29, 1.82) is 0 Å². The molecule has 0 aliphatic carbocycles. The van der Waals surface area contributed by atoms with Crippen LogP contribution in [0.1, 0.15) is 37.9 Å². The van der Waals surface area contributed by atoms with Gasteiger partial charge in [-0.05, 0) is 24.8 Å². The Morgan fingerprint density at radius 1 is 1.24 bits per heavy atom. The molecule has 0 bridgehead atoms. The number of carbonyl (C=O) groups is 1. The van der Waals surface area contributed by atoms with Gasteiger partial charge in [0.25, 0.3) is 0 Å². The SMILES string of the molecule is CCCS(=O)(=O)N1CCCC1C(=O)N1CCOC(c2ccccc2)C1. The van der Waals surface area contributed by atoms with Gasteiger partial charge in [0.15, 0.2) is 0 Å². The van der Waals surface area contributed by atoms with Crippen molar-refractivity contribution >= 4 is 15.9 Å². The summed E-state index contributed by atoms with van der Waals surface area (Å²) in [5, 5.41) is 0. The second-order valence-corrected chi connectivity index (χ2v) is 8.68. The standard InChI is InChI=1S/C18H26N2O4S/c1-2-13-25(22,23)20-10-6-9-16(20)18(21)19-11-12-24-17(14-19)15-7-4-3-5-8-15/h3-5,7-8,16-17H,2,6,9-14H2,1H3. The Hall–Kier alpha value is -1.44. The topological polar surface area (TPSA) is 66.9 Å². The zero-order valence-electron chi connectivity index (χ0n) is 14.6. The number of benzene rings is 1. The third kappa shape index (κ3) is 4.04. The zero-order valence-corrected chi connectivity index (χ0v) is 15.5. The predicted octanol–water partition coefficient (Wildman–Crippen LogP) is 1.79. The first-order valence-electron chi connectivity index (χ1n) is 8.98. The third-order valence-corrected chi connectivity index (χ3v) is 6.93. The summed E-state index contributed by atoms with van der Waals surface area (Å²) in [6.07, 6.45) is 1.76. The summed E-state index contributed by atoms with van der Waals surface area (Å²) in [4.78, 5) is 14.8. The largest absolute Gasteiger partial charge is 0.370 e. The highest BCUT2D eigenvalue weighted by Crippen LogP contribution is 2.27. The molecule has 2 atom stereocenters. The minimum Gasteiger partial charge on any atom is -0.370 e. The average molecular weight is 366 g/mol. The van der Waals surface area contributed by atoms with E-state index < -0.39 is 16.1 Å². The van der Waals surface area contributed by atoms with Crippen LogP contribution in [-0.2, 0) is 19.6 Å². The van der Waals surface area contributed by atoms with Crippen molar-refractivity contribution in [3.63, 3.8) is 0 Å². The second-order valence-electron chi connectivity index (χ2n) is 6.64. The van der Waals surface area contributed by atoms with Gasteiger partial charge in [0.2, 0.25) is 15.9 Å². The molecular formula is C18H26N2O4S. The van der Waals surface area contributed by atoms with Crippen LogP contribution in [-0.4, -0.2) is 61.6 Å². The van der Waals surface area contributed by atoms with E-state index in [2.05, 4.69) is 0 Å². The van der Waals surface area contributed by atoms with Crippen molar-refractivity contribution < 1.29 is 17.9 Å². The molecule has 2 saturated heterocycles. The van der Waals surface area contributed by atoms with Gasteiger partial charge in [0.05, 0.1) is 18.9 Å². The summed E-state index contributed by atoms with van der Waals surface area (Å²) in [7, 11) is -3.35. The molecule has 25 heavy (non-hydrogen) atoms. The van der Waals surface area contributed by atoms with Crippen molar-refractivity contribution in [2.45, 2.75) is 38.3 Å². The number of morpholine rings is 1. The smallest absolute Gasteiger partial charge is 0.241 e. The van der Waals surface area contributed by atoms with Gasteiger partial charge in [-0.25, -0.2) is 8.42 Å². The van der Waals surface area contributed by atoms with Crippen LogP contribution >= 0.6 is 0 Å². The highest BCUT2D eigenvalue weighted by atomic mass is 32.2. The van der Waals surface area contributed by atoms with Crippen molar-refractivity contribution in [2.24, 2.45) is 0 Å². The molecule has 2 aliphatic rings. The van der Waals surface area contributed by atoms with Crippen LogP contribution in [0.2, 0.25) is 0 Å². The molecule has 3 rings (SSSR count). The molecule has 138 valence electrons. The van der Waals surface area contributed by atoms with E-state index in [-0.39, 0.29) is 17.8 Å². The van der Waals surface area contributed by atoms with Crippen molar-refractivity contribution in [1.82, 2.24) is 9.21 Å². The summed E-state index contributed by atoms with van der Waals surface area (Å²) in [6, 6.07) is 9.29. The molecule has 0 aromatic heterocycles. The van der Waals surface area contributed by atoms with Crippen LogP contribution in [0.4, 0.5) is 0 Å². The van der Waals surface area contributed by atoms with Gasteiger partial charge >= 0.3 is 0 Å². The molecule has 6 nitrogen and oxygen atoms in total. The maximum atomic E-state index is 13.0. The molecule has 0 spiro atoms. The lowest BCUT2D eigenvalue weighted by Gasteiger charge is -2.36. The summed E-state index contributed by atoms with van der Waals surface area (Å²) >= 11 is 0. The molecule has 1 aromatic rings. The number of amides is 1. The summed E-state index contributed by atoms with van der Waals surface area (Å²) in [6.45, 7) is 3.75. The number of hydrogen-bond donors (Lipinski definition) is 0. The van der Waals surface area contributed by atoms with E-state index in [4.69, 9.17) is 4.74 Å². The van der Waals surface area contributed by atoms with Gasteiger partial charge in [0, 0.05) is 13.1 Å². The first-order valence-corrected chi connectivity index (χ1v) is 10.6. The lowest BCUT2D eigenvalue weighted by molar-refractivity contribution is -0.142. The van der Waals surface area contributed by atoms with Gasteiger partial charge in [-0.1, -0.05) is 37.3 Å². The molecule has 1 amide bonds. The van der Waals surface area contributed by atoms with E-state index in [1.807, 2.05) is 37.3 Å². The van der Waals surface area contributed by atoms with E-state index in [1.54, 1.807) is 4.90 Å². The Balaban J connectivity index is 1.71. The maximum absolute atomic E-state index is 13.0. The van der Waals surface area contributed by atoms with E-state index in [1.165, 1.54) is 4.31 Å². The van der Waals surface area contributed by atoms with Gasteiger partial charge in [0.1, 0.15) is 12.1 Å². The van der Waals surface area contributed by atoms with E-state index >= 15 is 0 Å². The fourth-order valence-electron chi connectivity index (χ4n) is 3.62. The van der Waals surface area contributed by atoms with Crippen LogP contribution in [0.15, 0.2) is 30.3 Å². The van der Waals surface area contributed by atoms with Gasteiger partial charge in [-0.15, -0.1) is 0 Å². The van der Waals surface area contributed by atoms with Crippen LogP contribution in [0.25, 0.3) is 0 Å². The molecule has 0 radical (unpaired) electrons. The second kappa shape index (κ2) is 7.85. The molecule has 7 heteroatoms. The first kappa shape index (κ1) is 18.4. The molecule has 0 saturated carbocycles. The molecule has 2 unspecified atom stereocenters. The number of sulfonamides is 1. The van der Waals surface area contributed by atoms with Crippen LogP contribution in [0.3, 0.4) is 0 Å². The van der Waals surface area contributed by atoms with Crippen molar-refractivity contribution in [3.8, 4) is 0 Å². The third-order valence-electron chi connectivity index (χ3n) is 4.86. The molecule has 2 fully saturated rings. The summed E-state index contributed by atoms with van der Waals surface area (Å²) in [5.41, 5.74) is 1.04. The molecule has 1 aromatic carbocycles. The zero-order chi connectivity index (χ0) is 17.9. The van der Waals surface area contributed by atoms with Crippen LogP contribution in [0.5, 0.6) is 0 Å². The number of hydrogen-bond acceptors (Lipinski definition) is 4. The first-order chi connectivity index (χ1) is 12.0.